The van der Waals surface area contributed by atoms with Crippen molar-refractivity contribution < 1.29 is 4.92 Å². The van der Waals surface area contributed by atoms with Gasteiger partial charge in [0.15, 0.2) is 0 Å². The zero-order chi connectivity index (χ0) is 16.9. The van der Waals surface area contributed by atoms with Gasteiger partial charge in [0.05, 0.1) is 4.92 Å². The number of rotatable bonds is 4. The first-order chi connectivity index (χ1) is 11.6. The highest BCUT2D eigenvalue weighted by atomic mass is 16.6. The van der Waals surface area contributed by atoms with Crippen LogP contribution >= 0.6 is 0 Å². The van der Waals surface area contributed by atoms with Crippen LogP contribution in [-0.2, 0) is 0 Å². The Balaban J connectivity index is 1.97. The van der Waals surface area contributed by atoms with Crippen LogP contribution in [0.4, 0.5) is 23.0 Å². The minimum atomic E-state index is -0.391. The van der Waals surface area contributed by atoms with Crippen molar-refractivity contribution in [3.05, 3.63) is 46.3 Å². The summed E-state index contributed by atoms with van der Waals surface area (Å²) in [6.07, 6.45) is 5.77. The molecule has 2 heterocycles. The number of nitro groups is 1. The minimum absolute atomic E-state index is 0.0547. The second-order valence-electron chi connectivity index (χ2n) is 6.05. The summed E-state index contributed by atoms with van der Waals surface area (Å²) in [5.74, 6) is 0.645. The van der Waals surface area contributed by atoms with E-state index >= 15 is 0 Å². The van der Waals surface area contributed by atoms with E-state index < -0.39 is 4.92 Å². The molecule has 1 fully saturated rings. The van der Waals surface area contributed by atoms with Gasteiger partial charge >= 0.3 is 5.69 Å². The molecule has 1 N–H and O–H groups in total. The Hall–Kier alpha value is -2.70. The van der Waals surface area contributed by atoms with Crippen molar-refractivity contribution in [3.8, 4) is 0 Å². The molecule has 0 bridgehead atoms. The van der Waals surface area contributed by atoms with Gasteiger partial charge in [-0.25, -0.2) is 9.97 Å². The van der Waals surface area contributed by atoms with Crippen molar-refractivity contribution in [2.75, 3.05) is 23.3 Å². The number of aryl methyl sites for hydroxylation is 1. The van der Waals surface area contributed by atoms with E-state index in [1.807, 2.05) is 36.1 Å². The molecule has 0 amide bonds. The predicted octanol–water partition coefficient (Wildman–Crippen LogP) is 3.82. The standard InChI is InChI=1S/C17H21N5O2/c1-13-7-6-8-14(11-13)20-16-15(22(23)24)17(19-12-18-16)21-9-4-2-3-5-10-21/h6-8,11-12H,2-5,9-10H2,1H3,(H,18,19,20). The maximum absolute atomic E-state index is 11.7. The number of anilines is 3. The molecule has 0 spiro atoms. The fraction of sp³-hybridized carbons (Fsp3) is 0.412. The van der Waals surface area contributed by atoms with E-state index in [4.69, 9.17) is 0 Å². The molecule has 24 heavy (non-hydrogen) atoms. The minimum Gasteiger partial charge on any atom is -0.351 e. The monoisotopic (exact) mass is 327 g/mol. The van der Waals surface area contributed by atoms with Gasteiger partial charge in [-0.3, -0.25) is 10.1 Å². The van der Waals surface area contributed by atoms with E-state index in [1.165, 1.54) is 6.33 Å². The molecule has 3 rings (SSSR count). The van der Waals surface area contributed by atoms with Crippen LogP contribution < -0.4 is 10.2 Å². The van der Waals surface area contributed by atoms with Crippen LogP contribution in [0.1, 0.15) is 31.2 Å². The Morgan fingerprint density at radius 1 is 1.17 bits per heavy atom. The van der Waals surface area contributed by atoms with Gasteiger partial charge < -0.3 is 10.2 Å². The molecule has 0 aliphatic carbocycles. The number of benzene rings is 1. The van der Waals surface area contributed by atoms with Crippen molar-refractivity contribution in [1.82, 2.24) is 9.97 Å². The summed E-state index contributed by atoms with van der Waals surface area (Å²) in [6, 6.07) is 7.67. The molecule has 1 aromatic carbocycles. The lowest BCUT2D eigenvalue weighted by Crippen LogP contribution is -2.26. The molecular formula is C17H21N5O2. The average molecular weight is 327 g/mol. The first kappa shape index (κ1) is 16.2. The fourth-order valence-corrected chi connectivity index (χ4v) is 3.00. The third-order valence-corrected chi connectivity index (χ3v) is 4.17. The van der Waals surface area contributed by atoms with E-state index in [0.717, 1.165) is 50.0 Å². The normalized spacial score (nSPS) is 15.0. The van der Waals surface area contributed by atoms with Gasteiger partial charge in [0, 0.05) is 18.8 Å². The smallest absolute Gasteiger partial charge is 0.351 e. The second kappa shape index (κ2) is 7.25. The number of aromatic nitrogens is 2. The molecule has 126 valence electrons. The molecule has 1 aromatic heterocycles. The topological polar surface area (TPSA) is 84.2 Å². The SMILES string of the molecule is Cc1cccc(Nc2ncnc(N3CCCCCC3)c2[N+](=O)[O-])c1. The summed E-state index contributed by atoms with van der Waals surface area (Å²) in [7, 11) is 0. The van der Waals surface area contributed by atoms with Gasteiger partial charge in [-0.05, 0) is 37.5 Å². The van der Waals surface area contributed by atoms with Gasteiger partial charge in [0.25, 0.3) is 0 Å². The van der Waals surface area contributed by atoms with Crippen LogP contribution in [0.15, 0.2) is 30.6 Å². The van der Waals surface area contributed by atoms with Crippen LogP contribution in [0.5, 0.6) is 0 Å². The second-order valence-corrected chi connectivity index (χ2v) is 6.05. The van der Waals surface area contributed by atoms with Crippen LogP contribution in [0, 0.1) is 17.0 Å². The molecular weight excluding hydrogens is 306 g/mol. The summed E-state index contributed by atoms with van der Waals surface area (Å²) >= 11 is 0. The average Bonchev–Trinajstić information content (AvgIpc) is 2.83. The lowest BCUT2D eigenvalue weighted by Gasteiger charge is -2.21. The summed E-state index contributed by atoms with van der Waals surface area (Å²) in [6.45, 7) is 3.56. The third-order valence-electron chi connectivity index (χ3n) is 4.17. The highest BCUT2D eigenvalue weighted by Gasteiger charge is 2.27. The highest BCUT2D eigenvalue weighted by molar-refractivity contribution is 5.74. The lowest BCUT2D eigenvalue weighted by atomic mass is 10.2. The van der Waals surface area contributed by atoms with Crippen LogP contribution in [-0.4, -0.2) is 28.0 Å². The van der Waals surface area contributed by atoms with Crippen LogP contribution in [0.2, 0.25) is 0 Å². The number of hydrogen-bond donors (Lipinski definition) is 1. The van der Waals surface area contributed by atoms with E-state index in [0.29, 0.717) is 5.82 Å². The van der Waals surface area contributed by atoms with E-state index in [-0.39, 0.29) is 11.5 Å². The third kappa shape index (κ3) is 3.61. The molecule has 0 radical (unpaired) electrons. The number of nitrogens with one attached hydrogen (secondary N) is 1. The molecule has 0 saturated carbocycles. The molecule has 1 aliphatic rings. The molecule has 0 atom stereocenters. The maximum atomic E-state index is 11.7. The summed E-state index contributed by atoms with van der Waals surface area (Å²) in [4.78, 5) is 21.6. The van der Waals surface area contributed by atoms with Gasteiger partial charge in [0.1, 0.15) is 6.33 Å². The summed E-state index contributed by atoms with van der Waals surface area (Å²) in [5.41, 5.74) is 1.80. The van der Waals surface area contributed by atoms with Crippen LogP contribution in [0.25, 0.3) is 0 Å². The Bertz CT molecular complexity index is 727. The summed E-state index contributed by atoms with van der Waals surface area (Å²) < 4.78 is 0. The highest BCUT2D eigenvalue weighted by Crippen LogP contribution is 2.34. The van der Waals surface area contributed by atoms with Gasteiger partial charge in [-0.2, -0.15) is 0 Å². The zero-order valence-corrected chi connectivity index (χ0v) is 13.7. The van der Waals surface area contributed by atoms with Crippen molar-refractivity contribution in [2.45, 2.75) is 32.6 Å². The number of nitrogens with zero attached hydrogens (tertiary/aromatic N) is 4. The molecule has 0 unspecified atom stereocenters. The van der Waals surface area contributed by atoms with Gasteiger partial charge in [0.2, 0.25) is 11.6 Å². The van der Waals surface area contributed by atoms with E-state index in [9.17, 15) is 10.1 Å². The van der Waals surface area contributed by atoms with E-state index in [1.54, 1.807) is 0 Å². The molecule has 1 saturated heterocycles. The van der Waals surface area contributed by atoms with Gasteiger partial charge in [-0.1, -0.05) is 25.0 Å². The zero-order valence-electron chi connectivity index (χ0n) is 13.7. The Morgan fingerprint density at radius 2 is 1.92 bits per heavy atom. The first-order valence-electron chi connectivity index (χ1n) is 8.23. The summed E-state index contributed by atoms with van der Waals surface area (Å²) in [5, 5.41) is 14.8. The molecule has 7 nitrogen and oxygen atoms in total. The molecule has 7 heteroatoms. The van der Waals surface area contributed by atoms with Crippen molar-refractivity contribution in [3.63, 3.8) is 0 Å². The molecule has 1 aliphatic heterocycles. The Labute approximate surface area is 140 Å². The van der Waals surface area contributed by atoms with Crippen molar-refractivity contribution in [1.29, 1.82) is 0 Å². The van der Waals surface area contributed by atoms with E-state index in [2.05, 4.69) is 15.3 Å². The lowest BCUT2D eigenvalue weighted by molar-refractivity contribution is -0.383. The first-order valence-corrected chi connectivity index (χ1v) is 8.23. The Kier molecular flexibility index (Phi) is 4.88. The maximum Gasteiger partial charge on any atom is 0.353 e. The quantitative estimate of drug-likeness (QED) is 0.679. The number of hydrogen-bond acceptors (Lipinski definition) is 6. The fourth-order valence-electron chi connectivity index (χ4n) is 3.00. The Morgan fingerprint density at radius 3 is 2.58 bits per heavy atom. The van der Waals surface area contributed by atoms with Gasteiger partial charge in [-0.15, -0.1) is 0 Å². The predicted molar refractivity (Wildman–Crippen MR) is 93.8 cm³/mol. The molecule has 2 aromatic rings. The van der Waals surface area contributed by atoms with Crippen LogP contribution in [0.3, 0.4) is 0 Å². The van der Waals surface area contributed by atoms with Crippen molar-refractivity contribution >= 4 is 23.0 Å². The van der Waals surface area contributed by atoms with Crippen molar-refractivity contribution in [2.24, 2.45) is 0 Å². The largest absolute Gasteiger partial charge is 0.353 e.